The summed E-state index contributed by atoms with van der Waals surface area (Å²) < 4.78 is 0. The van der Waals surface area contributed by atoms with E-state index in [0.29, 0.717) is 12.5 Å². The van der Waals surface area contributed by atoms with E-state index in [0.717, 1.165) is 19.3 Å². The molecule has 0 heterocycles. The van der Waals surface area contributed by atoms with E-state index in [1.54, 1.807) is 0 Å². The predicted octanol–water partition coefficient (Wildman–Crippen LogP) is 0.927. The highest BCUT2D eigenvalue weighted by Crippen LogP contribution is 2.36. The molecule has 0 aromatic rings. The van der Waals surface area contributed by atoms with Gasteiger partial charge in [0.1, 0.15) is 0 Å². The number of carbonyl (C=O) groups is 1. The molecule has 2 aliphatic carbocycles. The Hall–Kier alpha value is -0.570. The molecule has 2 saturated carbocycles. The van der Waals surface area contributed by atoms with Crippen molar-refractivity contribution in [2.24, 2.45) is 5.73 Å². The second-order valence-corrected chi connectivity index (χ2v) is 4.56. The molecular weight excluding hydrogens is 164 g/mol. The number of nitrogens with one attached hydrogen (secondary N) is 1. The zero-order valence-corrected chi connectivity index (χ0v) is 8.01. The number of amides is 1. The van der Waals surface area contributed by atoms with E-state index in [1.807, 2.05) is 0 Å². The summed E-state index contributed by atoms with van der Waals surface area (Å²) >= 11 is 0. The highest BCUT2D eigenvalue weighted by atomic mass is 16.1. The average Bonchev–Trinajstić information content (AvgIpc) is 2.74. The van der Waals surface area contributed by atoms with E-state index in [2.05, 4.69) is 5.32 Å². The van der Waals surface area contributed by atoms with Gasteiger partial charge >= 0.3 is 0 Å². The summed E-state index contributed by atoms with van der Waals surface area (Å²) in [5.41, 5.74) is 5.92. The van der Waals surface area contributed by atoms with Gasteiger partial charge in [-0.1, -0.05) is 0 Å². The number of nitrogens with two attached hydrogens (primary N) is 1. The molecule has 0 bridgehead atoms. The summed E-state index contributed by atoms with van der Waals surface area (Å²) in [5, 5.41) is 3.02. The molecule has 2 fully saturated rings. The molecule has 2 rings (SSSR count). The molecule has 3 N–H and O–H groups in total. The highest BCUT2D eigenvalue weighted by molar-refractivity contribution is 5.76. The number of rotatable bonds is 4. The van der Waals surface area contributed by atoms with Gasteiger partial charge in [-0.15, -0.1) is 0 Å². The lowest BCUT2D eigenvalue weighted by molar-refractivity contribution is -0.122. The molecule has 74 valence electrons. The Labute approximate surface area is 79.1 Å². The Bertz CT molecular complexity index is 207. The maximum Gasteiger partial charge on any atom is 0.220 e. The first-order chi connectivity index (χ1) is 6.18. The third kappa shape index (κ3) is 2.44. The maximum absolute atomic E-state index is 11.4. The molecule has 0 aromatic heterocycles. The van der Waals surface area contributed by atoms with Gasteiger partial charge in [0.15, 0.2) is 0 Å². The van der Waals surface area contributed by atoms with Crippen LogP contribution in [0.2, 0.25) is 0 Å². The van der Waals surface area contributed by atoms with Crippen molar-refractivity contribution in [3.05, 3.63) is 0 Å². The standard InChI is InChI=1S/C10H18N2O/c11-10(6-7-10)5-4-9(13)12-8-2-1-3-8/h8H,1-7,11H2,(H,12,13). The molecule has 2 aliphatic rings. The zero-order valence-electron chi connectivity index (χ0n) is 8.01. The van der Waals surface area contributed by atoms with Crippen LogP contribution < -0.4 is 11.1 Å². The van der Waals surface area contributed by atoms with Gasteiger partial charge in [-0.25, -0.2) is 0 Å². The average molecular weight is 182 g/mol. The SMILES string of the molecule is NC1(CCC(=O)NC2CCC2)CC1. The predicted molar refractivity (Wildman–Crippen MR) is 51.2 cm³/mol. The zero-order chi connectivity index (χ0) is 9.31. The van der Waals surface area contributed by atoms with Crippen molar-refractivity contribution in [3.8, 4) is 0 Å². The minimum Gasteiger partial charge on any atom is -0.353 e. The molecule has 13 heavy (non-hydrogen) atoms. The second kappa shape index (κ2) is 3.29. The van der Waals surface area contributed by atoms with Gasteiger partial charge in [-0.05, 0) is 38.5 Å². The Morgan fingerprint density at radius 3 is 2.62 bits per heavy atom. The minimum absolute atomic E-state index is 0.0248. The van der Waals surface area contributed by atoms with E-state index < -0.39 is 0 Å². The van der Waals surface area contributed by atoms with Crippen molar-refractivity contribution in [1.82, 2.24) is 5.32 Å². The molecule has 0 aromatic carbocycles. The van der Waals surface area contributed by atoms with E-state index in [9.17, 15) is 4.79 Å². The lowest BCUT2D eigenvalue weighted by Crippen LogP contribution is -2.40. The molecule has 0 spiro atoms. The first-order valence-electron chi connectivity index (χ1n) is 5.26. The molecule has 0 aliphatic heterocycles. The molecule has 3 heteroatoms. The van der Waals surface area contributed by atoms with Crippen LogP contribution in [0.5, 0.6) is 0 Å². The fraction of sp³-hybridized carbons (Fsp3) is 0.900. The van der Waals surface area contributed by atoms with Crippen molar-refractivity contribution in [3.63, 3.8) is 0 Å². The quantitative estimate of drug-likeness (QED) is 0.679. The Balaban J connectivity index is 1.60. The van der Waals surface area contributed by atoms with Crippen molar-refractivity contribution in [2.45, 2.75) is 56.5 Å². The second-order valence-electron chi connectivity index (χ2n) is 4.56. The van der Waals surface area contributed by atoms with Crippen LogP contribution in [0.4, 0.5) is 0 Å². The van der Waals surface area contributed by atoms with E-state index in [1.165, 1.54) is 19.3 Å². The summed E-state index contributed by atoms with van der Waals surface area (Å²) in [6.07, 6.45) is 7.29. The first-order valence-corrected chi connectivity index (χ1v) is 5.26. The molecule has 0 atom stereocenters. The van der Waals surface area contributed by atoms with Crippen molar-refractivity contribution in [2.75, 3.05) is 0 Å². The lowest BCUT2D eigenvalue weighted by atomic mass is 9.93. The van der Waals surface area contributed by atoms with Crippen LogP contribution >= 0.6 is 0 Å². The van der Waals surface area contributed by atoms with E-state index in [4.69, 9.17) is 5.73 Å². The monoisotopic (exact) mass is 182 g/mol. The summed E-state index contributed by atoms with van der Waals surface area (Å²) in [6.45, 7) is 0. The number of hydrogen-bond donors (Lipinski definition) is 2. The number of hydrogen-bond acceptors (Lipinski definition) is 2. The Morgan fingerprint density at radius 2 is 2.15 bits per heavy atom. The molecule has 0 radical (unpaired) electrons. The van der Waals surface area contributed by atoms with E-state index >= 15 is 0 Å². The van der Waals surface area contributed by atoms with Crippen LogP contribution in [-0.2, 0) is 4.79 Å². The van der Waals surface area contributed by atoms with Crippen LogP contribution in [0.25, 0.3) is 0 Å². The van der Waals surface area contributed by atoms with Crippen LogP contribution in [0.3, 0.4) is 0 Å². The van der Waals surface area contributed by atoms with Crippen LogP contribution in [0.1, 0.15) is 44.9 Å². The molecular formula is C10H18N2O. The van der Waals surface area contributed by atoms with Gasteiger partial charge in [0.25, 0.3) is 0 Å². The molecule has 0 unspecified atom stereocenters. The van der Waals surface area contributed by atoms with Gasteiger partial charge in [0.05, 0.1) is 0 Å². The topological polar surface area (TPSA) is 55.1 Å². The smallest absolute Gasteiger partial charge is 0.220 e. The third-order valence-corrected chi connectivity index (χ3v) is 3.21. The van der Waals surface area contributed by atoms with Gasteiger partial charge in [0, 0.05) is 18.0 Å². The van der Waals surface area contributed by atoms with Gasteiger partial charge in [0.2, 0.25) is 5.91 Å². The number of carbonyl (C=O) groups excluding carboxylic acids is 1. The normalized spacial score (nSPS) is 25.0. The molecule has 1 amide bonds. The third-order valence-electron chi connectivity index (χ3n) is 3.21. The Kier molecular flexibility index (Phi) is 2.28. The van der Waals surface area contributed by atoms with Gasteiger partial charge in [-0.2, -0.15) is 0 Å². The summed E-state index contributed by atoms with van der Waals surface area (Å²) in [4.78, 5) is 11.4. The van der Waals surface area contributed by atoms with Crippen molar-refractivity contribution in [1.29, 1.82) is 0 Å². The van der Waals surface area contributed by atoms with E-state index in [-0.39, 0.29) is 11.4 Å². The highest BCUT2D eigenvalue weighted by Gasteiger charge is 2.38. The van der Waals surface area contributed by atoms with Gasteiger partial charge < -0.3 is 11.1 Å². The fourth-order valence-corrected chi connectivity index (χ4v) is 1.63. The van der Waals surface area contributed by atoms with Crippen LogP contribution in [-0.4, -0.2) is 17.5 Å². The largest absolute Gasteiger partial charge is 0.353 e. The van der Waals surface area contributed by atoms with Gasteiger partial charge in [-0.3, -0.25) is 4.79 Å². The molecule has 0 saturated heterocycles. The van der Waals surface area contributed by atoms with Crippen LogP contribution in [0.15, 0.2) is 0 Å². The fourth-order valence-electron chi connectivity index (χ4n) is 1.63. The summed E-state index contributed by atoms with van der Waals surface area (Å²) in [6, 6.07) is 0.473. The lowest BCUT2D eigenvalue weighted by Gasteiger charge is -2.26. The van der Waals surface area contributed by atoms with Crippen molar-refractivity contribution >= 4 is 5.91 Å². The minimum atomic E-state index is 0.0248. The van der Waals surface area contributed by atoms with Crippen LogP contribution in [0, 0.1) is 0 Å². The summed E-state index contributed by atoms with van der Waals surface area (Å²) in [5.74, 6) is 0.196. The van der Waals surface area contributed by atoms with Crippen molar-refractivity contribution < 1.29 is 4.79 Å². The Morgan fingerprint density at radius 1 is 1.46 bits per heavy atom. The first kappa shape index (κ1) is 9.00. The maximum atomic E-state index is 11.4. The molecule has 3 nitrogen and oxygen atoms in total. The summed E-state index contributed by atoms with van der Waals surface area (Å²) in [7, 11) is 0.